The Kier molecular flexibility index (Phi) is 9.32. The summed E-state index contributed by atoms with van der Waals surface area (Å²) in [6.07, 6.45) is -2.08. The molecule has 0 aliphatic carbocycles. The van der Waals surface area contributed by atoms with Crippen LogP contribution >= 0.6 is 0 Å². The van der Waals surface area contributed by atoms with E-state index in [9.17, 15) is 18.0 Å². The van der Waals surface area contributed by atoms with Crippen molar-refractivity contribution >= 4 is 11.6 Å². The predicted octanol–water partition coefficient (Wildman–Crippen LogP) is -0.807. The Bertz CT molecular complexity index is 873. The number of ether oxygens (including phenoxy) is 1. The van der Waals surface area contributed by atoms with Gasteiger partial charge < -0.3 is 34.0 Å². The van der Waals surface area contributed by atoms with Crippen LogP contribution in [0.2, 0.25) is 0 Å². The van der Waals surface area contributed by atoms with Crippen LogP contribution in [0, 0.1) is 5.92 Å². The van der Waals surface area contributed by atoms with Gasteiger partial charge in [-0.05, 0) is 48.2 Å². The van der Waals surface area contributed by atoms with Crippen LogP contribution in [0.25, 0.3) is 0 Å². The summed E-state index contributed by atoms with van der Waals surface area (Å²) in [5.74, 6) is -0.409. The summed E-state index contributed by atoms with van der Waals surface area (Å²) in [5.41, 5.74) is 0.948. The van der Waals surface area contributed by atoms with E-state index < -0.39 is 17.7 Å². The summed E-state index contributed by atoms with van der Waals surface area (Å²) in [7, 11) is 1.54. The van der Waals surface area contributed by atoms with Crippen LogP contribution < -0.4 is 52.9 Å². The third-order valence-electron chi connectivity index (χ3n) is 4.91. The van der Waals surface area contributed by atoms with E-state index in [1.807, 2.05) is 18.2 Å². The molecule has 29 heavy (non-hydrogen) atoms. The summed E-state index contributed by atoms with van der Waals surface area (Å²) in [6, 6.07) is 10.7. The Hall–Kier alpha value is -1.43. The number of fused-ring (bicyclic) bond motifs is 1. The van der Waals surface area contributed by atoms with E-state index in [0.29, 0.717) is 23.4 Å². The normalized spacial score (nSPS) is 18.3. The number of alkyl halides is 3. The second-order valence-electron chi connectivity index (χ2n) is 6.54. The fraction of sp³-hybridized carbons (Fsp3) is 0.286. The van der Waals surface area contributed by atoms with Gasteiger partial charge in [-0.3, -0.25) is 4.79 Å². The van der Waals surface area contributed by atoms with Crippen molar-refractivity contribution in [2.75, 3.05) is 12.4 Å². The van der Waals surface area contributed by atoms with Gasteiger partial charge in [0.25, 0.3) is 0 Å². The average Bonchev–Trinajstić information content (AvgIpc) is 2.77. The van der Waals surface area contributed by atoms with E-state index in [4.69, 9.17) is 4.74 Å². The number of benzene rings is 2. The molecule has 0 bridgehead atoms. The first kappa shape index (κ1) is 25.6. The minimum Gasteiger partial charge on any atom is -1.00 e. The van der Waals surface area contributed by atoms with Crippen molar-refractivity contribution in [2.24, 2.45) is 5.92 Å². The molecule has 0 saturated carbocycles. The molecule has 1 aliphatic rings. The van der Waals surface area contributed by atoms with Crippen LogP contribution in [0.1, 0.15) is 29.0 Å². The minimum atomic E-state index is -4.44. The Morgan fingerprint density at radius 2 is 1.93 bits per heavy atom. The molecule has 0 saturated heterocycles. The van der Waals surface area contributed by atoms with Gasteiger partial charge in [0.2, 0.25) is 5.91 Å². The van der Waals surface area contributed by atoms with Gasteiger partial charge in [0.15, 0.2) is 0 Å². The topological polar surface area (TPSA) is 38.3 Å². The number of hydrogen-bond donors (Lipinski definition) is 1. The van der Waals surface area contributed by atoms with Crippen molar-refractivity contribution in [3.63, 3.8) is 0 Å². The molecule has 1 aliphatic heterocycles. The number of carbonyl (C=O) groups is 1. The molecule has 0 fully saturated rings. The zero-order valence-electron chi connectivity index (χ0n) is 16.2. The van der Waals surface area contributed by atoms with E-state index >= 15 is 0 Å². The molecule has 1 N–H and O–H groups in total. The second-order valence-corrected chi connectivity index (χ2v) is 6.54. The molecule has 3 nitrogen and oxygen atoms in total. The largest absolute Gasteiger partial charge is 1.00 e. The fourth-order valence-electron chi connectivity index (χ4n) is 3.60. The van der Waals surface area contributed by atoms with Crippen LogP contribution in [0.3, 0.4) is 0 Å². The van der Waals surface area contributed by atoms with E-state index in [-0.39, 0.29) is 61.1 Å². The van der Waals surface area contributed by atoms with Crippen molar-refractivity contribution in [2.45, 2.75) is 24.9 Å². The molecule has 2 aromatic rings. The molecule has 2 atom stereocenters. The molecule has 2 unspecified atom stereocenters. The monoisotopic (exact) mass is 509 g/mol. The molecule has 3 rings (SSSR count). The number of halogens is 4. The summed E-state index contributed by atoms with van der Waals surface area (Å²) < 4.78 is 44.9. The van der Waals surface area contributed by atoms with Crippen molar-refractivity contribution in [1.29, 1.82) is 0 Å². The molecule has 0 radical (unpaired) electrons. The summed E-state index contributed by atoms with van der Waals surface area (Å²) in [4.78, 5) is 12.8. The molecule has 150 valence electrons. The maximum Gasteiger partial charge on any atom is 1.00 e. The number of nitrogens with one attached hydrogen (secondary N) is 1. The summed E-state index contributed by atoms with van der Waals surface area (Å²) in [5, 5.41) is 2.78. The van der Waals surface area contributed by atoms with Gasteiger partial charge in [0.1, 0.15) is 5.75 Å². The van der Waals surface area contributed by atoms with Crippen LogP contribution in [-0.4, -0.2) is 13.0 Å². The van der Waals surface area contributed by atoms with Crippen molar-refractivity contribution in [3.8, 4) is 5.75 Å². The van der Waals surface area contributed by atoms with E-state index in [1.54, 1.807) is 12.1 Å². The first-order valence-corrected chi connectivity index (χ1v) is 8.60. The second kappa shape index (κ2) is 10.6. The molecule has 1 amide bonds. The van der Waals surface area contributed by atoms with Crippen molar-refractivity contribution < 1.29 is 65.5 Å². The standard InChI is InChI=1S/C21H20F3NO2.HI.Li/c1-3-6-16-17(15-7-4-5-8-19(15)27-2)12-13-11-14(21(22,23)24)9-10-18(13)25-20(16)26;;/h3-5,7-11,16-17H,1,6,12H2,2H3,(H,25,26);1H;/q;;+1/p-1. The molecule has 1 heterocycles. The zero-order chi connectivity index (χ0) is 19.6. The van der Waals surface area contributed by atoms with E-state index in [2.05, 4.69) is 11.9 Å². The Morgan fingerprint density at radius 3 is 2.55 bits per heavy atom. The fourth-order valence-corrected chi connectivity index (χ4v) is 3.60. The maximum absolute atomic E-state index is 13.2. The smallest absolute Gasteiger partial charge is 1.00 e. The van der Waals surface area contributed by atoms with Gasteiger partial charge in [-0.2, -0.15) is 13.2 Å². The number of allylic oxidation sites excluding steroid dienone is 1. The van der Waals surface area contributed by atoms with Crippen molar-refractivity contribution in [1.82, 2.24) is 0 Å². The first-order chi connectivity index (χ1) is 12.8. The first-order valence-electron chi connectivity index (χ1n) is 8.60. The number of hydrogen-bond acceptors (Lipinski definition) is 2. The SMILES string of the molecule is C=CCC1C(=O)Nc2ccc(C(F)(F)F)cc2CC1c1ccccc1OC.[I-].[Li+]. The van der Waals surface area contributed by atoms with Crippen LogP contribution in [0.15, 0.2) is 55.1 Å². The number of carbonyl (C=O) groups excluding carboxylic acids is 1. The molecule has 8 heteroatoms. The summed E-state index contributed by atoms with van der Waals surface area (Å²) >= 11 is 0. The number of amides is 1. The van der Waals surface area contributed by atoms with E-state index in [0.717, 1.165) is 17.7 Å². The van der Waals surface area contributed by atoms with Crippen molar-refractivity contribution in [3.05, 3.63) is 71.8 Å². The zero-order valence-corrected chi connectivity index (χ0v) is 18.4. The average molecular weight is 509 g/mol. The van der Waals surface area contributed by atoms with Gasteiger partial charge >= 0.3 is 25.0 Å². The Morgan fingerprint density at radius 1 is 1.24 bits per heavy atom. The molecular weight excluding hydrogens is 489 g/mol. The third kappa shape index (κ3) is 5.59. The molecule has 0 aromatic heterocycles. The quantitative estimate of drug-likeness (QED) is 0.333. The van der Waals surface area contributed by atoms with Gasteiger partial charge in [0.05, 0.1) is 12.7 Å². The van der Waals surface area contributed by atoms with E-state index in [1.165, 1.54) is 13.2 Å². The van der Waals surface area contributed by atoms with Crippen LogP contribution in [0.4, 0.5) is 18.9 Å². The Labute approximate surface area is 197 Å². The van der Waals surface area contributed by atoms with Crippen LogP contribution in [0.5, 0.6) is 5.75 Å². The number of para-hydroxylation sites is 1. The maximum atomic E-state index is 13.2. The van der Waals surface area contributed by atoms with Gasteiger partial charge in [-0.15, -0.1) is 6.58 Å². The third-order valence-corrected chi connectivity index (χ3v) is 4.91. The predicted molar refractivity (Wildman–Crippen MR) is 97.8 cm³/mol. The van der Waals surface area contributed by atoms with Gasteiger partial charge in [-0.1, -0.05) is 24.3 Å². The minimum absolute atomic E-state index is 0. The molecular formula is C21H20F3ILiNO2. The number of methoxy groups -OCH3 is 1. The van der Waals surface area contributed by atoms with Gasteiger partial charge in [0, 0.05) is 17.5 Å². The molecule has 0 spiro atoms. The number of rotatable bonds is 4. The molecule has 2 aromatic carbocycles. The Balaban J connectivity index is 0.00000210. The van der Waals surface area contributed by atoms with Gasteiger partial charge in [-0.25, -0.2) is 0 Å². The van der Waals surface area contributed by atoms with Crippen LogP contribution in [-0.2, 0) is 17.4 Å². The summed E-state index contributed by atoms with van der Waals surface area (Å²) in [6.45, 7) is 3.73. The number of anilines is 1.